The Labute approximate surface area is 130 Å². The third-order valence-electron chi connectivity index (χ3n) is 4.69. The summed E-state index contributed by atoms with van der Waals surface area (Å²) in [7, 11) is 0. The molecule has 5 heteroatoms. The van der Waals surface area contributed by atoms with Crippen molar-refractivity contribution in [3.05, 3.63) is 29.8 Å². The van der Waals surface area contributed by atoms with Crippen molar-refractivity contribution in [2.24, 2.45) is 17.1 Å². The van der Waals surface area contributed by atoms with E-state index in [1.54, 1.807) is 24.3 Å². The Balaban J connectivity index is 1.62. The molecule has 0 spiro atoms. The van der Waals surface area contributed by atoms with E-state index in [1.807, 2.05) is 4.90 Å². The van der Waals surface area contributed by atoms with Gasteiger partial charge in [-0.1, -0.05) is 6.92 Å². The van der Waals surface area contributed by atoms with Crippen LogP contribution in [0.4, 0.5) is 5.69 Å². The minimum Gasteiger partial charge on any atom is -0.338 e. The van der Waals surface area contributed by atoms with Crippen molar-refractivity contribution in [1.29, 1.82) is 0 Å². The lowest BCUT2D eigenvalue weighted by atomic mass is 9.90. The summed E-state index contributed by atoms with van der Waals surface area (Å²) in [6, 6.07) is 7.16. The summed E-state index contributed by atoms with van der Waals surface area (Å²) < 4.78 is 0. The fourth-order valence-electron chi connectivity index (χ4n) is 2.83. The largest absolute Gasteiger partial charge is 0.338 e. The summed E-state index contributed by atoms with van der Waals surface area (Å²) in [4.78, 5) is 26.1. The molecule has 1 aliphatic heterocycles. The fourth-order valence-corrected chi connectivity index (χ4v) is 2.83. The van der Waals surface area contributed by atoms with Gasteiger partial charge in [0.2, 0.25) is 5.91 Å². The second kappa shape index (κ2) is 5.72. The average molecular weight is 301 g/mol. The zero-order chi connectivity index (χ0) is 15.7. The number of nitrogens with zero attached hydrogens (tertiary/aromatic N) is 1. The summed E-state index contributed by atoms with van der Waals surface area (Å²) in [6.45, 7) is 4.19. The molecular formula is C17H23N3O2. The molecule has 1 saturated heterocycles. The highest BCUT2D eigenvalue weighted by atomic mass is 16.2. The SMILES string of the molecule is CC1(CN)CCN(C(=O)c2ccc(NC(=O)C3CC3)cc2)C1. The van der Waals surface area contributed by atoms with Crippen molar-refractivity contribution in [3.63, 3.8) is 0 Å². The highest BCUT2D eigenvalue weighted by Crippen LogP contribution is 2.31. The summed E-state index contributed by atoms with van der Waals surface area (Å²) >= 11 is 0. The maximum atomic E-state index is 12.5. The van der Waals surface area contributed by atoms with Crippen molar-refractivity contribution in [2.45, 2.75) is 26.2 Å². The zero-order valence-corrected chi connectivity index (χ0v) is 13.0. The van der Waals surface area contributed by atoms with E-state index in [2.05, 4.69) is 12.2 Å². The van der Waals surface area contributed by atoms with E-state index in [0.29, 0.717) is 18.7 Å². The van der Waals surface area contributed by atoms with Crippen LogP contribution in [0.3, 0.4) is 0 Å². The van der Waals surface area contributed by atoms with Gasteiger partial charge in [-0.15, -0.1) is 0 Å². The van der Waals surface area contributed by atoms with E-state index in [1.165, 1.54) is 0 Å². The van der Waals surface area contributed by atoms with Gasteiger partial charge in [0.05, 0.1) is 0 Å². The van der Waals surface area contributed by atoms with Gasteiger partial charge in [-0.05, 0) is 55.5 Å². The molecule has 1 aliphatic carbocycles. The van der Waals surface area contributed by atoms with Crippen molar-refractivity contribution in [1.82, 2.24) is 4.90 Å². The van der Waals surface area contributed by atoms with Crippen LogP contribution in [0.15, 0.2) is 24.3 Å². The van der Waals surface area contributed by atoms with Crippen LogP contribution < -0.4 is 11.1 Å². The Morgan fingerprint density at radius 3 is 2.55 bits per heavy atom. The molecule has 1 atom stereocenters. The lowest BCUT2D eigenvalue weighted by molar-refractivity contribution is -0.117. The second-order valence-corrected chi connectivity index (χ2v) is 6.83. The van der Waals surface area contributed by atoms with Crippen molar-refractivity contribution in [3.8, 4) is 0 Å². The minimum atomic E-state index is 0.0356. The Morgan fingerprint density at radius 2 is 2.00 bits per heavy atom. The number of nitrogens with one attached hydrogen (secondary N) is 1. The normalized spacial score (nSPS) is 24.4. The first-order valence-corrected chi connectivity index (χ1v) is 7.91. The maximum Gasteiger partial charge on any atom is 0.253 e. The van der Waals surface area contributed by atoms with Gasteiger partial charge in [0.1, 0.15) is 0 Å². The smallest absolute Gasteiger partial charge is 0.253 e. The van der Waals surface area contributed by atoms with Crippen LogP contribution in [0, 0.1) is 11.3 Å². The van der Waals surface area contributed by atoms with Crippen molar-refractivity contribution in [2.75, 3.05) is 25.0 Å². The van der Waals surface area contributed by atoms with E-state index in [0.717, 1.165) is 31.5 Å². The number of benzene rings is 1. The van der Waals surface area contributed by atoms with Crippen LogP contribution >= 0.6 is 0 Å². The molecule has 0 aromatic heterocycles. The predicted octanol–water partition coefficient (Wildman–Crippen LogP) is 1.85. The van der Waals surface area contributed by atoms with Gasteiger partial charge < -0.3 is 16.0 Å². The van der Waals surface area contributed by atoms with Crippen molar-refractivity contribution >= 4 is 17.5 Å². The van der Waals surface area contributed by atoms with Gasteiger partial charge in [0, 0.05) is 30.3 Å². The maximum absolute atomic E-state index is 12.5. The topological polar surface area (TPSA) is 75.4 Å². The highest BCUT2D eigenvalue weighted by Gasteiger charge is 2.35. The third kappa shape index (κ3) is 3.14. The minimum absolute atomic E-state index is 0.0356. The number of carbonyl (C=O) groups is 2. The molecule has 0 bridgehead atoms. The molecular weight excluding hydrogens is 278 g/mol. The molecule has 1 aromatic rings. The second-order valence-electron chi connectivity index (χ2n) is 6.83. The van der Waals surface area contributed by atoms with Crippen LogP contribution in [0.2, 0.25) is 0 Å². The van der Waals surface area contributed by atoms with Crippen LogP contribution in [0.1, 0.15) is 36.5 Å². The van der Waals surface area contributed by atoms with Gasteiger partial charge in [0.15, 0.2) is 0 Å². The molecule has 3 rings (SSSR count). The first kappa shape index (κ1) is 15.0. The van der Waals surface area contributed by atoms with Crippen LogP contribution in [-0.2, 0) is 4.79 Å². The Kier molecular flexibility index (Phi) is 3.91. The van der Waals surface area contributed by atoms with Gasteiger partial charge in [0.25, 0.3) is 5.91 Å². The van der Waals surface area contributed by atoms with Gasteiger partial charge in [-0.2, -0.15) is 0 Å². The van der Waals surface area contributed by atoms with E-state index in [4.69, 9.17) is 5.73 Å². The molecule has 1 heterocycles. The number of hydrogen-bond donors (Lipinski definition) is 2. The molecule has 5 nitrogen and oxygen atoms in total. The summed E-state index contributed by atoms with van der Waals surface area (Å²) in [6.07, 6.45) is 2.92. The zero-order valence-electron chi connectivity index (χ0n) is 13.0. The van der Waals surface area contributed by atoms with Crippen LogP contribution in [0.25, 0.3) is 0 Å². The molecule has 2 amide bonds. The summed E-state index contributed by atoms with van der Waals surface area (Å²) in [5.41, 5.74) is 7.23. The monoisotopic (exact) mass is 301 g/mol. The van der Waals surface area contributed by atoms with Gasteiger partial charge in [-0.25, -0.2) is 0 Å². The summed E-state index contributed by atoms with van der Waals surface area (Å²) in [5.74, 6) is 0.300. The molecule has 2 fully saturated rings. The number of likely N-dealkylation sites (tertiary alicyclic amines) is 1. The standard InChI is InChI=1S/C17H23N3O2/c1-17(10-18)8-9-20(11-17)16(22)13-4-6-14(7-5-13)19-15(21)12-2-3-12/h4-7,12H,2-3,8-11,18H2,1H3,(H,19,21). The molecule has 3 N–H and O–H groups in total. The Morgan fingerprint density at radius 1 is 1.32 bits per heavy atom. The molecule has 0 radical (unpaired) electrons. The number of hydrogen-bond acceptors (Lipinski definition) is 3. The van der Waals surface area contributed by atoms with Gasteiger partial charge in [-0.3, -0.25) is 9.59 Å². The number of nitrogens with two attached hydrogens (primary N) is 1. The lowest BCUT2D eigenvalue weighted by Crippen LogP contribution is -2.34. The van der Waals surface area contributed by atoms with E-state index < -0.39 is 0 Å². The molecule has 22 heavy (non-hydrogen) atoms. The highest BCUT2D eigenvalue weighted by molar-refractivity contribution is 5.97. The van der Waals surface area contributed by atoms with E-state index >= 15 is 0 Å². The fraction of sp³-hybridized carbons (Fsp3) is 0.529. The van der Waals surface area contributed by atoms with Gasteiger partial charge >= 0.3 is 0 Å². The molecule has 118 valence electrons. The van der Waals surface area contributed by atoms with Crippen LogP contribution in [0.5, 0.6) is 0 Å². The number of amides is 2. The third-order valence-corrected chi connectivity index (χ3v) is 4.69. The Bertz CT molecular complexity index is 580. The van der Waals surface area contributed by atoms with Crippen LogP contribution in [-0.4, -0.2) is 36.3 Å². The van der Waals surface area contributed by atoms with E-state index in [9.17, 15) is 9.59 Å². The number of rotatable bonds is 4. The van der Waals surface area contributed by atoms with E-state index in [-0.39, 0.29) is 23.1 Å². The predicted molar refractivity (Wildman–Crippen MR) is 85.5 cm³/mol. The first-order valence-electron chi connectivity index (χ1n) is 7.91. The Hall–Kier alpha value is -1.88. The summed E-state index contributed by atoms with van der Waals surface area (Å²) in [5, 5.41) is 2.88. The molecule has 1 aromatic carbocycles. The first-order chi connectivity index (χ1) is 10.5. The number of anilines is 1. The number of carbonyl (C=O) groups excluding carboxylic acids is 2. The average Bonchev–Trinajstić information content (AvgIpc) is 3.30. The lowest BCUT2D eigenvalue weighted by Gasteiger charge is -2.22. The molecule has 2 aliphatic rings. The quantitative estimate of drug-likeness (QED) is 0.891. The molecule has 1 unspecified atom stereocenters. The van der Waals surface area contributed by atoms with Crippen molar-refractivity contribution < 1.29 is 9.59 Å². The molecule has 1 saturated carbocycles.